The predicted octanol–water partition coefficient (Wildman–Crippen LogP) is 1.19. The molecule has 0 saturated carbocycles. The van der Waals surface area contributed by atoms with Crippen molar-refractivity contribution in [2.24, 2.45) is 11.8 Å². The number of ether oxygens (including phenoxy) is 2. The van der Waals surface area contributed by atoms with Gasteiger partial charge in [0.15, 0.2) is 5.79 Å². The number of nitrogens with zero attached hydrogens (tertiary/aromatic N) is 1. The van der Waals surface area contributed by atoms with E-state index >= 15 is 0 Å². The summed E-state index contributed by atoms with van der Waals surface area (Å²) in [5.74, 6) is 0.643. The maximum absolute atomic E-state index is 5.52. The van der Waals surface area contributed by atoms with Crippen molar-refractivity contribution < 1.29 is 9.47 Å². The summed E-state index contributed by atoms with van der Waals surface area (Å²) in [6.07, 6.45) is 0. The van der Waals surface area contributed by atoms with E-state index in [2.05, 4.69) is 25.8 Å². The molecular formula is C10H21NO2. The minimum Gasteiger partial charge on any atom is -0.352 e. The Hall–Kier alpha value is -0.120. The molecule has 0 aromatic carbocycles. The molecule has 0 aromatic heterocycles. The Kier molecular flexibility index (Phi) is 3.33. The van der Waals surface area contributed by atoms with E-state index in [1.54, 1.807) is 14.2 Å². The van der Waals surface area contributed by atoms with E-state index in [-0.39, 0.29) is 0 Å². The van der Waals surface area contributed by atoms with Crippen LogP contribution in [0.5, 0.6) is 0 Å². The highest BCUT2D eigenvalue weighted by Crippen LogP contribution is 2.33. The van der Waals surface area contributed by atoms with Crippen LogP contribution < -0.4 is 0 Å². The van der Waals surface area contributed by atoms with Crippen LogP contribution >= 0.6 is 0 Å². The average molecular weight is 187 g/mol. The van der Waals surface area contributed by atoms with E-state index in [4.69, 9.17) is 9.47 Å². The van der Waals surface area contributed by atoms with Crippen molar-refractivity contribution >= 4 is 0 Å². The largest absolute Gasteiger partial charge is 0.352 e. The van der Waals surface area contributed by atoms with Gasteiger partial charge in [-0.3, -0.25) is 0 Å². The molecule has 0 amide bonds. The van der Waals surface area contributed by atoms with Gasteiger partial charge in [0, 0.05) is 26.7 Å². The molecule has 2 unspecified atom stereocenters. The van der Waals surface area contributed by atoms with Crippen LogP contribution in [-0.4, -0.2) is 45.0 Å². The average Bonchev–Trinajstić information content (AvgIpc) is 2.11. The maximum atomic E-state index is 5.52. The lowest BCUT2D eigenvalue weighted by atomic mass is 9.83. The molecule has 0 N–H and O–H groups in total. The van der Waals surface area contributed by atoms with Gasteiger partial charge in [0.25, 0.3) is 0 Å². The van der Waals surface area contributed by atoms with Crippen molar-refractivity contribution in [3.63, 3.8) is 0 Å². The van der Waals surface area contributed by atoms with Gasteiger partial charge in [-0.1, -0.05) is 13.8 Å². The molecule has 1 aliphatic heterocycles. The highest BCUT2D eigenvalue weighted by atomic mass is 16.7. The molecule has 2 atom stereocenters. The molecule has 0 radical (unpaired) electrons. The summed E-state index contributed by atoms with van der Waals surface area (Å²) < 4.78 is 11.0. The summed E-state index contributed by atoms with van der Waals surface area (Å²) in [6.45, 7) is 6.42. The molecule has 1 saturated heterocycles. The lowest BCUT2D eigenvalue weighted by Gasteiger charge is -2.47. The van der Waals surface area contributed by atoms with E-state index < -0.39 is 5.79 Å². The summed E-state index contributed by atoms with van der Waals surface area (Å²) in [5.41, 5.74) is 0. The van der Waals surface area contributed by atoms with Crippen molar-refractivity contribution in [3.8, 4) is 0 Å². The highest BCUT2D eigenvalue weighted by Gasteiger charge is 2.44. The molecule has 13 heavy (non-hydrogen) atoms. The third-order valence-corrected chi connectivity index (χ3v) is 3.33. The molecule has 0 aromatic rings. The molecule has 0 spiro atoms. The van der Waals surface area contributed by atoms with Crippen LogP contribution in [0.4, 0.5) is 0 Å². The minimum atomic E-state index is -0.410. The molecule has 1 fully saturated rings. The van der Waals surface area contributed by atoms with E-state index in [1.807, 2.05) is 0 Å². The first kappa shape index (κ1) is 11.0. The molecule has 0 bridgehead atoms. The molecule has 1 heterocycles. The number of rotatable bonds is 2. The van der Waals surface area contributed by atoms with E-state index in [9.17, 15) is 0 Å². The van der Waals surface area contributed by atoms with Gasteiger partial charge in [0.2, 0.25) is 0 Å². The summed E-state index contributed by atoms with van der Waals surface area (Å²) in [5, 5.41) is 0. The van der Waals surface area contributed by atoms with Gasteiger partial charge in [-0.2, -0.15) is 0 Å². The van der Waals surface area contributed by atoms with Crippen molar-refractivity contribution in [2.45, 2.75) is 19.6 Å². The summed E-state index contributed by atoms with van der Waals surface area (Å²) in [6, 6.07) is 0. The van der Waals surface area contributed by atoms with Crippen molar-refractivity contribution in [2.75, 3.05) is 34.4 Å². The van der Waals surface area contributed by atoms with Gasteiger partial charge in [0.05, 0.1) is 6.54 Å². The molecule has 3 nitrogen and oxygen atoms in total. The predicted molar refractivity (Wildman–Crippen MR) is 52.6 cm³/mol. The van der Waals surface area contributed by atoms with Gasteiger partial charge in [0.1, 0.15) is 0 Å². The Morgan fingerprint density at radius 2 is 1.77 bits per heavy atom. The monoisotopic (exact) mass is 187 g/mol. The Labute approximate surface area is 81.0 Å². The zero-order chi connectivity index (χ0) is 10.1. The van der Waals surface area contributed by atoms with Crippen LogP contribution in [0.15, 0.2) is 0 Å². The highest BCUT2D eigenvalue weighted by molar-refractivity contribution is 4.88. The Morgan fingerprint density at radius 1 is 1.23 bits per heavy atom. The van der Waals surface area contributed by atoms with Crippen LogP contribution in [0.25, 0.3) is 0 Å². The molecular weight excluding hydrogens is 166 g/mol. The lowest BCUT2D eigenvalue weighted by Crippen LogP contribution is -2.57. The van der Waals surface area contributed by atoms with E-state index in [0.717, 1.165) is 13.1 Å². The molecule has 1 aliphatic rings. The Balaban J connectivity index is 2.80. The van der Waals surface area contributed by atoms with Gasteiger partial charge in [-0.25, -0.2) is 0 Å². The van der Waals surface area contributed by atoms with Gasteiger partial charge in [-0.15, -0.1) is 0 Å². The lowest BCUT2D eigenvalue weighted by molar-refractivity contribution is -0.267. The zero-order valence-corrected chi connectivity index (χ0v) is 9.33. The van der Waals surface area contributed by atoms with Crippen LogP contribution in [-0.2, 0) is 9.47 Å². The number of piperidine rings is 1. The number of hydrogen-bond donors (Lipinski definition) is 0. The van der Waals surface area contributed by atoms with Gasteiger partial charge < -0.3 is 14.4 Å². The third-order valence-electron chi connectivity index (χ3n) is 3.33. The second kappa shape index (κ2) is 3.95. The molecule has 0 aliphatic carbocycles. The second-order valence-electron chi connectivity index (χ2n) is 4.18. The number of methoxy groups -OCH3 is 2. The summed E-state index contributed by atoms with van der Waals surface area (Å²) in [4.78, 5) is 2.26. The maximum Gasteiger partial charge on any atom is 0.183 e. The van der Waals surface area contributed by atoms with E-state index in [0.29, 0.717) is 11.8 Å². The molecule has 3 heteroatoms. The second-order valence-corrected chi connectivity index (χ2v) is 4.18. The normalized spacial score (nSPS) is 34.8. The Bertz CT molecular complexity index is 168. The molecule has 78 valence electrons. The van der Waals surface area contributed by atoms with E-state index in [1.165, 1.54) is 0 Å². The quantitative estimate of drug-likeness (QED) is 0.606. The SMILES string of the molecule is COC1(OC)CN(C)CC(C)C1C. The minimum absolute atomic E-state index is 0.410. The van der Waals surface area contributed by atoms with Crippen molar-refractivity contribution in [1.29, 1.82) is 0 Å². The number of hydrogen-bond acceptors (Lipinski definition) is 3. The van der Waals surface area contributed by atoms with Gasteiger partial charge in [-0.05, 0) is 13.0 Å². The number of likely N-dealkylation sites (N-methyl/N-ethyl adjacent to an activating group) is 1. The summed E-state index contributed by atoms with van der Waals surface area (Å²) >= 11 is 0. The van der Waals surface area contributed by atoms with Crippen molar-refractivity contribution in [1.82, 2.24) is 4.90 Å². The zero-order valence-electron chi connectivity index (χ0n) is 9.33. The first-order chi connectivity index (χ1) is 6.05. The fraction of sp³-hybridized carbons (Fsp3) is 1.00. The van der Waals surface area contributed by atoms with Crippen LogP contribution in [0.3, 0.4) is 0 Å². The molecule has 1 rings (SSSR count). The topological polar surface area (TPSA) is 21.7 Å². The number of likely N-dealkylation sites (tertiary alicyclic amines) is 1. The van der Waals surface area contributed by atoms with Crippen molar-refractivity contribution in [3.05, 3.63) is 0 Å². The fourth-order valence-electron chi connectivity index (χ4n) is 2.25. The van der Waals surface area contributed by atoms with Crippen LogP contribution in [0.2, 0.25) is 0 Å². The smallest absolute Gasteiger partial charge is 0.183 e. The Morgan fingerprint density at radius 3 is 2.23 bits per heavy atom. The third kappa shape index (κ3) is 1.87. The summed E-state index contributed by atoms with van der Waals surface area (Å²) in [7, 11) is 5.56. The first-order valence-corrected chi connectivity index (χ1v) is 4.84. The first-order valence-electron chi connectivity index (χ1n) is 4.84. The van der Waals surface area contributed by atoms with Crippen LogP contribution in [0.1, 0.15) is 13.8 Å². The van der Waals surface area contributed by atoms with Crippen LogP contribution in [0, 0.1) is 11.8 Å². The fourth-order valence-corrected chi connectivity index (χ4v) is 2.25. The van der Waals surface area contributed by atoms with Gasteiger partial charge >= 0.3 is 0 Å². The standard InChI is InChI=1S/C10H21NO2/c1-8-6-11(3)7-10(12-4,13-5)9(8)2/h8-9H,6-7H2,1-5H3.